The molecule has 0 saturated carbocycles. The van der Waals surface area contributed by atoms with E-state index < -0.39 is 0 Å². The summed E-state index contributed by atoms with van der Waals surface area (Å²) < 4.78 is 14.3. The second kappa shape index (κ2) is 6.02. The summed E-state index contributed by atoms with van der Waals surface area (Å²) in [5, 5.41) is 6.18. The minimum absolute atomic E-state index is 0.152. The largest absolute Gasteiger partial charge is 0.368 e. The van der Waals surface area contributed by atoms with Gasteiger partial charge in [0, 0.05) is 32.1 Å². The van der Waals surface area contributed by atoms with Gasteiger partial charge in [-0.25, -0.2) is 4.39 Å². The zero-order valence-corrected chi connectivity index (χ0v) is 12.4. The molecule has 1 aromatic rings. The van der Waals surface area contributed by atoms with Crippen molar-refractivity contribution in [3.8, 4) is 0 Å². The monoisotopic (exact) mass is 291 g/mol. The molecule has 0 aromatic heterocycles. The Morgan fingerprint density at radius 1 is 1.43 bits per heavy atom. The van der Waals surface area contributed by atoms with Gasteiger partial charge in [0.25, 0.3) is 0 Å². The fourth-order valence-electron chi connectivity index (χ4n) is 3.56. The summed E-state index contributed by atoms with van der Waals surface area (Å²) in [4.78, 5) is 13.6. The standard InChI is InChI=1S/C16H22FN3O/c1-18-9-11-3-2-4-13(17)16(11)20-8-7-14-12(10-20)5-6-15(21)19-14/h2-4,12,14,18H,5-10H2,1H3,(H,19,21). The van der Waals surface area contributed by atoms with Gasteiger partial charge in [0.2, 0.25) is 5.91 Å². The predicted octanol–water partition coefficient (Wildman–Crippen LogP) is 1.65. The molecule has 0 aliphatic carbocycles. The van der Waals surface area contributed by atoms with E-state index in [0.29, 0.717) is 18.9 Å². The van der Waals surface area contributed by atoms with Gasteiger partial charge in [-0.2, -0.15) is 0 Å². The van der Waals surface area contributed by atoms with E-state index in [1.54, 1.807) is 6.07 Å². The number of hydrogen-bond donors (Lipinski definition) is 2. The molecule has 4 nitrogen and oxygen atoms in total. The Morgan fingerprint density at radius 2 is 2.29 bits per heavy atom. The molecule has 3 rings (SSSR count). The van der Waals surface area contributed by atoms with Crippen molar-refractivity contribution in [3.05, 3.63) is 29.6 Å². The number of nitrogens with zero attached hydrogens (tertiary/aromatic N) is 1. The Balaban J connectivity index is 1.81. The SMILES string of the molecule is CNCc1cccc(F)c1N1CCC2NC(=O)CCC2C1. The van der Waals surface area contributed by atoms with Gasteiger partial charge in [-0.1, -0.05) is 12.1 Å². The van der Waals surface area contributed by atoms with Gasteiger partial charge in [-0.3, -0.25) is 4.79 Å². The zero-order valence-electron chi connectivity index (χ0n) is 12.4. The van der Waals surface area contributed by atoms with Gasteiger partial charge in [0.1, 0.15) is 5.82 Å². The van der Waals surface area contributed by atoms with E-state index in [9.17, 15) is 9.18 Å². The highest BCUT2D eigenvalue weighted by Crippen LogP contribution is 2.32. The number of fused-ring (bicyclic) bond motifs is 1. The van der Waals surface area contributed by atoms with Crippen LogP contribution in [0.3, 0.4) is 0 Å². The third-order valence-electron chi connectivity index (χ3n) is 4.58. The van der Waals surface area contributed by atoms with Crippen LogP contribution in [-0.2, 0) is 11.3 Å². The van der Waals surface area contributed by atoms with Crippen molar-refractivity contribution in [2.75, 3.05) is 25.0 Å². The molecule has 2 heterocycles. The molecule has 0 radical (unpaired) electrons. The Hall–Kier alpha value is -1.62. The molecular formula is C16H22FN3O. The number of carbonyl (C=O) groups is 1. The molecule has 2 fully saturated rings. The van der Waals surface area contributed by atoms with Gasteiger partial charge in [-0.15, -0.1) is 0 Å². The number of anilines is 1. The number of benzene rings is 1. The molecule has 2 aliphatic rings. The molecule has 0 spiro atoms. The highest BCUT2D eigenvalue weighted by atomic mass is 19.1. The molecule has 1 aromatic carbocycles. The lowest BCUT2D eigenvalue weighted by molar-refractivity contribution is -0.124. The quantitative estimate of drug-likeness (QED) is 0.890. The minimum Gasteiger partial charge on any atom is -0.368 e. The van der Waals surface area contributed by atoms with E-state index in [1.165, 1.54) is 6.07 Å². The number of nitrogens with one attached hydrogen (secondary N) is 2. The van der Waals surface area contributed by atoms with Gasteiger partial charge in [-0.05, 0) is 37.4 Å². The van der Waals surface area contributed by atoms with Gasteiger partial charge in [0.05, 0.1) is 5.69 Å². The summed E-state index contributed by atoms with van der Waals surface area (Å²) in [6.45, 7) is 2.27. The fraction of sp³-hybridized carbons (Fsp3) is 0.562. The van der Waals surface area contributed by atoms with Crippen LogP contribution in [0.25, 0.3) is 0 Å². The third-order valence-corrected chi connectivity index (χ3v) is 4.58. The van der Waals surface area contributed by atoms with Gasteiger partial charge >= 0.3 is 0 Å². The van der Waals surface area contributed by atoms with Crippen LogP contribution in [0.5, 0.6) is 0 Å². The number of piperidine rings is 2. The maximum absolute atomic E-state index is 14.3. The Morgan fingerprint density at radius 3 is 3.10 bits per heavy atom. The van der Waals surface area contributed by atoms with Crippen LogP contribution in [0.4, 0.5) is 10.1 Å². The molecule has 0 bridgehead atoms. The zero-order chi connectivity index (χ0) is 14.8. The van der Waals surface area contributed by atoms with Crippen molar-refractivity contribution in [2.24, 2.45) is 5.92 Å². The first-order valence-electron chi connectivity index (χ1n) is 7.65. The van der Waals surface area contributed by atoms with Crippen LogP contribution in [0.1, 0.15) is 24.8 Å². The van der Waals surface area contributed by atoms with Crippen LogP contribution in [-0.4, -0.2) is 32.1 Å². The average Bonchev–Trinajstić information content (AvgIpc) is 2.47. The van der Waals surface area contributed by atoms with Crippen molar-refractivity contribution in [3.63, 3.8) is 0 Å². The van der Waals surface area contributed by atoms with E-state index in [1.807, 2.05) is 13.1 Å². The highest BCUT2D eigenvalue weighted by molar-refractivity contribution is 5.77. The number of amides is 1. The molecule has 2 N–H and O–H groups in total. The van der Waals surface area contributed by atoms with E-state index in [4.69, 9.17) is 0 Å². The molecule has 2 aliphatic heterocycles. The number of hydrogen-bond acceptors (Lipinski definition) is 3. The summed E-state index contributed by atoms with van der Waals surface area (Å²) in [5.74, 6) is 0.436. The lowest BCUT2D eigenvalue weighted by Crippen LogP contribution is -2.54. The molecule has 2 atom stereocenters. The van der Waals surface area contributed by atoms with Crippen molar-refractivity contribution >= 4 is 11.6 Å². The van der Waals surface area contributed by atoms with E-state index in [2.05, 4.69) is 15.5 Å². The third kappa shape index (κ3) is 2.88. The van der Waals surface area contributed by atoms with Crippen molar-refractivity contribution in [1.29, 1.82) is 0 Å². The van der Waals surface area contributed by atoms with Crippen LogP contribution in [0.15, 0.2) is 18.2 Å². The normalized spacial score (nSPS) is 25.4. The smallest absolute Gasteiger partial charge is 0.220 e. The first kappa shape index (κ1) is 14.3. The first-order chi connectivity index (χ1) is 10.2. The Bertz CT molecular complexity index is 534. The molecule has 114 valence electrons. The summed E-state index contributed by atoms with van der Waals surface area (Å²) in [7, 11) is 1.87. The highest BCUT2D eigenvalue weighted by Gasteiger charge is 2.34. The number of rotatable bonds is 3. The van der Waals surface area contributed by atoms with Gasteiger partial charge < -0.3 is 15.5 Å². The molecule has 2 unspecified atom stereocenters. The van der Waals surface area contributed by atoms with Crippen LogP contribution < -0.4 is 15.5 Å². The summed E-state index contributed by atoms with van der Waals surface area (Å²) in [6.07, 6.45) is 2.39. The Labute approximate surface area is 124 Å². The minimum atomic E-state index is -0.152. The predicted molar refractivity (Wildman–Crippen MR) is 80.6 cm³/mol. The fourth-order valence-corrected chi connectivity index (χ4v) is 3.56. The number of carbonyl (C=O) groups excluding carboxylic acids is 1. The average molecular weight is 291 g/mol. The van der Waals surface area contributed by atoms with Gasteiger partial charge in [0.15, 0.2) is 0 Å². The lowest BCUT2D eigenvalue weighted by atomic mass is 9.85. The van der Waals surface area contributed by atoms with Crippen LogP contribution in [0, 0.1) is 11.7 Å². The maximum atomic E-state index is 14.3. The summed E-state index contributed by atoms with van der Waals surface area (Å²) in [6, 6.07) is 5.54. The maximum Gasteiger partial charge on any atom is 0.220 e. The van der Waals surface area contributed by atoms with E-state index >= 15 is 0 Å². The van der Waals surface area contributed by atoms with E-state index in [0.717, 1.165) is 37.2 Å². The van der Waals surface area contributed by atoms with Crippen molar-refractivity contribution in [2.45, 2.75) is 31.8 Å². The second-order valence-electron chi connectivity index (χ2n) is 5.99. The molecule has 21 heavy (non-hydrogen) atoms. The number of para-hydroxylation sites is 1. The molecule has 2 saturated heterocycles. The summed E-state index contributed by atoms with van der Waals surface area (Å²) in [5.41, 5.74) is 1.72. The van der Waals surface area contributed by atoms with Crippen molar-refractivity contribution in [1.82, 2.24) is 10.6 Å². The second-order valence-corrected chi connectivity index (χ2v) is 5.99. The first-order valence-corrected chi connectivity index (χ1v) is 7.65. The van der Waals surface area contributed by atoms with Crippen LogP contribution in [0.2, 0.25) is 0 Å². The number of halogens is 1. The van der Waals surface area contributed by atoms with Crippen LogP contribution >= 0.6 is 0 Å². The Kier molecular flexibility index (Phi) is 4.10. The summed E-state index contributed by atoms with van der Waals surface area (Å²) >= 11 is 0. The topological polar surface area (TPSA) is 44.4 Å². The molecule has 1 amide bonds. The molecular weight excluding hydrogens is 269 g/mol. The lowest BCUT2D eigenvalue weighted by Gasteiger charge is -2.43. The van der Waals surface area contributed by atoms with E-state index in [-0.39, 0.29) is 17.8 Å². The molecule has 5 heteroatoms. The van der Waals surface area contributed by atoms with Crippen molar-refractivity contribution < 1.29 is 9.18 Å².